The molecule has 0 aliphatic heterocycles. The smallest absolute Gasteiger partial charge is 0.412 e. The van der Waals surface area contributed by atoms with E-state index in [0.29, 0.717) is 10.6 Å². The fourth-order valence-electron chi connectivity index (χ4n) is 3.23. The molecule has 1 amide bonds. The number of nitrogens with zero attached hydrogens (tertiary/aromatic N) is 2. The topological polar surface area (TPSA) is 113 Å². The Kier molecular flexibility index (Phi) is 6.42. The monoisotopic (exact) mass is 485 g/mol. The third-order valence-corrected chi connectivity index (χ3v) is 5.53. The molecule has 0 spiro atoms. The summed E-state index contributed by atoms with van der Waals surface area (Å²) in [6.07, 6.45) is -0.625. The van der Waals surface area contributed by atoms with Gasteiger partial charge in [-0.25, -0.2) is 22.0 Å². The summed E-state index contributed by atoms with van der Waals surface area (Å²) in [7, 11) is -3.94. The van der Waals surface area contributed by atoms with E-state index in [-0.39, 0.29) is 22.7 Å². The van der Waals surface area contributed by atoms with E-state index < -0.39 is 39.5 Å². The van der Waals surface area contributed by atoms with Gasteiger partial charge in [0.15, 0.2) is 17.4 Å². The molecule has 0 aliphatic carbocycles. The van der Waals surface area contributed by atoms with Crippen LogP contribution in [0.3, 0.4) is 0 Å². The Bertz CT molecular complexity index is 1270. The zero-order valence-electron chi connectivity index (χ0n) is 17.1. The molecule has 0 bridgehead atoms. The minimum Gasteiger partial charge on any atom is -0.465 e. The molecule has 12 heteroatoms. The number of carboxylic acid groups (broad SMARTS) is 1. The van der Waals surface area contributed by atoms with Gasteiger partial charge in [-0.15, -0.1) is 0 Å². The van der Waals surface area contributed by atoms with E-state index in [9.17, 15) is 27.1 Å². The van der Waals surface area contributed by atoms with Gasteiger partial charge in [0.2, 0.25) is 10.0 Å². The van der Waals surface area contributed by atoms with Crippen LogP contribution in [-0.2, 0) is 10.0 Å². The van der Waals surface area contributed by atoms with Crippen LogP contribution in [0.4, 0.5) is 25.0 Å². The van der Waals surface area contributed by atoms with Crippen molar-refractivity contribution in [1.29, 1.82) is 0 Å². The normalized spacial score (nSPS) is 12.4. The van der Waals surface area contributed by atoms with Crippen LogP contribution in [0, 0.1) is 18.6 Å². The Morgan fingerprint density at radius 1 is 1.25 bits per heavy atom. The molecule has 32 heavy (non-hydrogen) atoms. The lowest BCUT2D eigenvalue weighted by Gasteiger charge is -2.27. The SMILES string of the molecule is Cc1noc(-c2cc(F)c(NS(C)(=O)=O)c(F)c2)c1N(C(=O)O)C(C)c1ccccc1Cl. The van der Waals surface area contributed by atoms with Crippen molar-refractivity contribution in [2.75, 3.05) is 15.9 Å². The highest BCUT2D eigenvalue weighted by atomic mass is 35.5. The van der Waals surface area contributed by atoms with Crippen LogP contribution in [-0.4, -0.2) is 31.0 Å². The maximum absolute atomic E-state index is 14.5. The van der Waals surface area contributed by atoms with Crippen molar-refractivity contribution < 1.29 is 31.6 Å². The summed E-state index contributed by atoms with van der Waals surface area (Å²) in [5.41, 5.74) is -0.429. The summed E-state index contributed by atoms with van der Waals surface area (Å²) in [5.74, 6) is -2.65. The summed E-state index contributed by atoms with van der Waals surface area (Å²) in [5, 5.41) is 14.0. The molecule has 3 rings (SSSR count). The highest BCUT2D eigenvalue weighted by Crippen LogP contribution is 2.40. The molecular formula is C20H18ClF2N3O5S. The van der Waals surface area contributed by atoms with Gasteiger partial charge >= 0.3 is 6.09 Å². The van der Waals surface area contributed by atoms with Crippen molar-refractivity contribution in [3.63, 3.8) is 0 Å². The number of aryl methyl sites for hydroxylation is 1. The number of hydrogen-bond donors (Lipinski definition) is 2. The fourth-order valence-corrected chi connectivity index (χ4v) is 4.09. The van der Waals surface area contributed by atoms with Gasteiger partial charge in [0, 0.05) is 10.6 Å². The summed E-state index contributed by atoms with van der Waals surface area (Å²) < 4.78 is 58.8. The molecule has 170 valence electrons. The largest absolute Gasteiger partial charge is 0.465 e. The van der Waals surface area contributed by atoms with Crippen LogP contribution < -0.4 is 9.62 Å². The number of hydrogen-bond acceptors (Lipinski definition) is 5. The number of halogens is 3. The molecule has 1 unspecified atom stereocenters. The summed E-state index contributed by atoms with van der Waals surface area (Å²) in [4.78, 5) is 13.1. The summed E-state index contributed by atoms with van der Waals surface area (Å²) in [6.45, 7) is 3.07. The van der Waals surface area contributed by atoms with E-state index in [1.165, 1.54) is 6.92 Å². The van der Waals surface area contributed by atoms with Gasteiger partial charge < -0.3 is 9.63 Å². The van der Waals surface area contributed by atoms with Crippen LogP contribution in [0.15, 0.2) is 40.9 Å². The van der Waals surface area contributed by atoms with Crippen molar-refractivity contribution in [1.82, 2.24) is 5.16 Å². The Balaban J connectivity index is 2.15. The Morgan fingerprint density at radius 3 is 2.38 bits per heavy atom. The standard InChI is InChI=1S/C20H18ClF2N3O5S/c1-10-18(26(20(27)28)11(2)13-6-4-5-7-14(13)21)19(31-24-10)12-8-15(22)17(16(23)9-12)25-32(3,29)30/h4-9,11,25H,1-3H3,(H,27,28). The average molecular weight is 486 g/mol. The second kappa shape index (κ2) is 8.75. The van der Waals surface area contributed by atoms with Crippen molar-refractivity contribution >= 4 is 39.1 Å². The first-order valence-corrected chi connectivity index (χ1v) is 11.4. The highest BCUT2D eigenvalue weighted by Gasteiger charge is 2.32. The number of benzene rings is 2. The Hall–Kier alpha value is -3.18. The second-order valence-corrected chi connectivity index (χ2v) is 9.14. The van der Waals surface area contributed by atoms with Gasteiger partial charge in [-0.05, 0) is 37.6 Å². The molecule has 0 radical (unpaired) electrons. The molecule has 3 aromatic rings. The van der Waals surface area contributed by atoms with E-state index in [4.69, 9.17) is 16.1 Å². The van der Waals surface area contributed by atoms with E-state index in [1.807, 2.05) is 0 Å². The number of amides is 1. The lowest BCUT2D eigenvalue weighted by Crippen LogP contribution is -2.33. The highest BCUT2D eigenvalue weighted by molar-refractivity contribution is 7.92. The van der Waals surface area contributed by atoms with Crippen molar-refractivity contribution in [3.8, 4) is 11.3 Å². The predicted molar refractivity (Wildman–Crippen MR) is 115 cm³/mol. The maximum Gasteiger partial charge on any atom is 0.412 e. The third kappa shape index (κ3) is 4.68. The predicted octanol–water partition coefficient (Wildman–Crippen LogP) is 5.20. The number of aromatic nitrogens is 1. The first kappa shape index (κ1) is 23.5. The van der Waals surface area contributed by atoms with Gasteiger partial charge in [0.1, 0.15) is 17.1 Å². The molecule has 1 atom stereocenters. The average Bonchev–Trinajstić information content (AvgIpc) is 3.05. The van der Waals surface area contributed by atoms with Gasteiger partial charge in [0.25, 0.3) is 0 Å². The quantitative estimate of drug-likeness (QED) is 0.496. The molecule has 0 saturated carbocycles. The van der Waals surface area contributed by atoms with Crippen LogP contribution >= 0.6 is 11.6 Å². The zero-order valence-corrected chi connectivity index (χ0v) is 18.6. The second-order valence-electron chi connectivity index (χ2n) is 6.98. The minimum absolute atomic E-state index is 0.0347. The number of sulfonamides is 1. The Morgan fingerprint density at radius 2 is 1.84 bits per heavy atom. The summed E-state index contributed by atoms with van der Waals surface area (Å²) >= 11 is 6.22. The Labute approximate surface area is 187 Å². The molecular weight excluding hydrogens is 468 g/mol. The minimum atomic E-state index is -3.94. The van der Waals surface area contributed by atoms with Crippen molar-refractivity contribution in [2.45, 2.75) is 19.9 Å². The van der Waals surface area contributed by atoms with E-state index in [0.717, 1.165) is 23.3 Å². The van der Waals surface area contributed by atoms with E-state index in [1.54, 1.807) is 35.9 Å². The molecule has 8 nitrogen and oxygen atoms in total. The lowest BCUT2D eigenvalue weighted by molar-refractivity contribution is 0.199. The lowest BCUT2D eigenvalue weighted by atomic mass is 10.0. The molecule has 2 aromatic carbocycles. The molecule has 1 heterocycles. The van der Waals surface area contributed by atoms with Crippen LogP contribution in [0.1, 0.15) is 24.2 Å². The van der Waals surface area contributed by atoms with Gasteiger partial charge in [0.05, 0.1) is 12.3 Å². The van der Waals surface area contributed by atoms with Crippen LogP contribution in [0.25, 0.3) is 11.3 Å². The first-order valence-electron chi connectivity index (χ1n) is 9.10. The maximum atomic E-state index is 14.5. The van der Waals surface area contributed by atoms with Crippen molar-refractivity contribution in [2.24, 2.45) is 0 Å². The van der Waals surface area contributed by atoms with Gasteiger partial charge in [-0.3, -0.25) is 9.62 Å². The summed E-state index contributed by atoms with van der Waals surface area (Å²) in [6, 6.07) is 7.47. The van der Waals surface area contributed by atoms with Crippen molar-refractivity contribution in [3.05, 3.63) is 64.3 Å². The molecule has 1 aromatic heterocycles. The number of carbonyl (C=O) groups is 1. The molecule has 0 aliphatic rings. The zero-order chi connectivity index (χ0) is 23.8. The molecule has 0 fully saturated rings. The van der Waals surface area contributed by atoms with Gasteiger partial charge in [-0.2, -0.15) is 0 Å². The van der Waals surface area contributed by atoms with Crippen LogP contribution in [0.5, 0.6) is 0 Å². The number of nitrogens with one attached hydrogen (secondary N) is 1. The fraction of sp³-hybridized carbons (Fsp3) is 0.200. The number of rotatable bonds is 6. The number of anilines is 2. The van der Waals surface area contributed by atoms with E-state index in [2.05, 4.69) is 5.16 Å². The molecule has 0 saturated heterocycles. The molecule has 2 N–H and O–H groups in total. The van der Waals surface area contributed by atoms with Gasteiger partial charge in [-0.1, -0.05) is 35.0 Å². The first-order chi connectivity index (χ1) is 14.9. The van der Waals surface area contributed by atoms with Crippen LogP contribution in [0.2, 0.25) is 5.02 Å². The van der Waals surface area contributed by atoms with E-state index >= 15 is 0 Å². The third-order valence-electron chi connectivity index (χ3n) is 4.61.